The lowest BCUT2D eigenvalue weighted by Crippen LogP contribution is -2.37. The number of pyridine rings is 1. The van der Waals surface area contributed by atoms with Gasteiger partial charge in [0.1, 0.15) is 0 Å². The van der Waals surface area contributed by atoms with Crippen LogP contribution < -0.4 is 5.32 Å². The second-order valence-corrected chi connectivity index (χ2v) is 6.14. The van der Waals surface area contributed by atoms with Crippen LogP contribution in [0.4, 0.5) is 11.7 Å². The quantitative estimate of drug-likeness (QED) is 0.732. The SMILES string of the molecule is c1cc(-c2ccc(Nc3nnc(CCN4CCOCC4)o3)cc2)ccn1. The number of hydrogen-bond acceptors (Lipinski definition) is 7. The van der Waals surface area contributed by atoms with Crippen LogP contribution in [0, 0.1) is 0 Å². The number of anilines is 2. The molecule has 1 aliphatic heterocycles. The molecule has 1 aliphatic rings. The van der Waals surface area contributed by atoms with Gasteiger partial charge in [-0.15, -0.1) is 5.10 Å². The minimum atomic E-state index is 0.415. The topological polar surface area (TPSA) is 76.3 Å². The Morgan fingerprint density at radius 1 is 0.923 bits per heavy atom. The predicted octanol–water partition coefficient (Wildman–Crippen LogP) is 2.75. The van der Waals surface area contributed by atoms with Crippen LogP contribution in [0.15, 0.2) is 53.2 Å². The Labute approximate surface area is 152 Å². The first-order valence-electron chi connectivity index (χ1n) is 8.77. The molecule has 0 radical (unpaired) electrons. The van der Waals surface area contributed by atoms with Gasteiger partial charge in [-0.2, -0.15) is 0 Å². The molecule has 1 saturated heterocycles. The van der Waals surface area contributed by atoms with E-state index in [1.54, 1.807) is 12.4 Å². The van der Waals surface area contributed by atoms with Gasteiger partial charge in [-0.3, -0.25) is 9.88 Å². The summed E-state index contributed by atoms with van der Waals surface area (Å²) in [5, 5.41) is 11.3. The fourth-order valence-electron chi connectivity index (χ4n) is 2.90. The number of hydrogen-bond donors (Lipinski definition) is 1. The first-order valence-corrected chi connectivity index (χ1v) is 8.77. The molecule has 1 aromatic carbocycles. The van der Waals surface area contributed by atoms with Gasteiger partial charge < -0.3 is 14.5 Å². The molecule has 26 heavy (non-hydrogen) atoms. The van der Waals surface area contributed by atoms with Crippen molar-refractivity contribution in [2.75, 3.05) is 38.2 Å². The highest BCUT2D eigenvalue weighted by molar-refractivity contribution is 5.66. The maximum Gasteiger partial charge on any atom is 0.320 e. The highest BCUT2D eigenvalue weighted by Gasteiger charge is 2.12. The molecule has 0 bridgehead atoms. The van der Waals surface area contributed by atoms with E-state index in [0.717, 1.165) is 56.1 Å². The van der Waals surface area contributed by atoms with Crippen LogP contribution in [0.3, 0.4) is 0 Å². The Morgan fingerprint density at radius 2 is 1.65 bits per heavy atom. The van der Waals surface area contributed by atoms with Crippen LogP contribution in [-0.2, 0) is 11.2 Å². The molecule has 4 rings (SSSR count). The first-order chi connectivity index (χ1) is 12.9. The minimum Gasteiger partial charge on any atom is -0.408 e. The smallest absolute Gasteiger partial charge is 0.320 e. The van der Waals surface area contributed by atoms with Crippen LogP contribution in [0.5, 0.6) is 0 Å². The van der Waals surface area contributed by atoms with Crippen LogP contribution in [-0.4, -0.2) is 52.9 Å². The van der Waals surface area contributed by atoms with Crippen LogP contribution in [0.2, 0.25) is 0 Å². The van der Waals surface area contributed by atoms with Gasteiger partial charge in [-0.05, 0) is 35.4 Å². The molecule has 0 aliphatic carbocycles. The largest absolute Gasteiger partial charge is 0.408 e. The first kappa shape index (κ1) is 16.7. The van der Waals surface area contributed by atoms with Gasteiger partial charge >= 0.3 is 6.01 Å². The summed E-state index contributed by atoms with van der Waals surface area (Å²) in [6.45, 7) is 4.43. The Kier molecular flexibility index (Phi) is 5.18. The fraction of sp³-hybridized carbons (Fsp3) is 0.316. The standard InChI is InChI=1S/C19H21N5O2/c1-3-17(4-2-15(1)16-5-8-20-9-6-16)21-19-23-22-18(26-19)7-10-24-11-13-25-14-12-24/h1-6,8-9H,7,10-14H2,(H,21,23). The van der Waals surface area contributed by atoms with Crippen molar-refractivity contribution in [3.05, 3.63) is 54.7 Å². The Balaban J connectivity index is 1.33. The normalized spacial score (nSPS) is 15.1. The summed E-state index contributed by atoms with van der Waals surface area (Å²) in [4.78, 5) is 6.39. The Bertz CT molecular complexity index is 813. The summed E-state index contributed by atoms with van der Waals surface area (Å²) in [7, 11) is 0. The van der Waals surface area contributed by atoms with Crippen LogP contribution in [0.25, 0.3) is 11.1 Å². The lowest BCUT2D eigenvalue weighted by atomic mass is 10.1. The summed E-state index contributed by atoms with van der Waals surface area (Å²) >= 11 is 0. The number of ether oxygens (including phenoxy) is 1. The molecule has 0 spiro atoms. The van der Waals surface area contributed by atoms with E-state index in [4.69, 9.17) is 9.15 Å². The molecule has 0 unspecified atom stereocenters. The van der Waals surface area contributed by atoms with Gasteiger partial charge in [0.25, 0.3) is 0 Å². The summed E-state index contributed by atoms with van der Waals surface area (Å²) in [6.07, 6.45) is 4.33. The zero-order valence-corrected chi connectivity index (χ0v) is 14.5. The Hall–Kier alpha value is -2.77. The van der Waals surface area contributed by atoms with Gasteiger partial charge in [-0.1, -0.05) is 17.2 Å². The molecule has 134 valence electrons. The molecule has 7 nitrogen and oxygen atoms in total. The molecule has 7 heteroatoms. The summed E-state index contributed by atoms with van der Waals surface area (Å²) in [5.74, 6) is 0.646. The van der Waals surface area contributed by atoms with Crippen molar-refractivity contribution < 1.29 is 9.15 Å². The van der Waals surface area contributed by atoms with Gasteiger partial charge in [0, 0.05) is 44.1 Å². The number of nitrogens with zero attached hydrogens (tertiary/aromatic N) is 4. The van der Waals surface area contributed by atoms with Crippen molar-refractivity contribution in [3.8, 4) is 11.1 Å². The van der Waals surface area contributed by atoms with E-state index in [1.807, 2.05) is 36.4 Å². The molecular formula is C19H21N5O2. The molecule has 0 amide bonds. The monoisotopic (exact) mass is 351 g/mol. The molecule has 2 aromatic heterocycles. The Morgan fingerprint density at radius 3 is 2.42 bits per heavy atom. The van der Waals surface area contributed by atoms with Crippen molar-refractivity contribution in [3.63, 3.8) is 0 Å². The highest BCUT2D eigenvalue weighted by Crippen LogP contribution is 2.22. The van der Waals surface area contributed by atoms with Crippen molar-refractivity contribution in [2.24, 2.45) is 0 Å². The van der Waals surface area contributed by atoms with Crippen molar-refractivity contribution >= 4 is 11.7 Å². The fourth-order valence-corrected chi connectivity index (χ4v) is 2.90. The molecular weight excluding hydrogens is 330 g/mol. The molecule has 0 atom stereocenters. The molecule has 1 N–H and O–H groups in total. The average molecular weight is 351 g/mol. The number of aromatic nitrogens is 3. The summed E-state index contributed by atoms with van der Waals surface area (Å²) in [5.41, 5.74) is 3.18. The number of nitrogens with one attached hydrogen (secondary N) is 1. The summed E-state index contributed by atoms with van der Waals surface area (Å²) < 4.78 is 11.0. The van der Waals surface area contributed by atoms with E-state index < -0.39 is 0 Å². The van der Waals surface area contributed by atoms with Crippen molar-refractivity contribution in [2.45, 2.75) is 6.42 Å². The third-order valence-electron chi connectivity index (χ3n) is 4.36. The predicted molar refractivity (Wildman–Crippen MR) is 98.2 cm³/mol. The maximum atomic E-state index is 5.69. The summed E-state index contributed by atoms with van der Waals surface area (Å²) in [6, 6.07) is 12.5. The number of benzene rings is 1. The van der Waals surface area contributed by atoms with E-state index in [1.165, 1.54) is 0 Å². The lowest BCUT2D eigenvalue weighted by Gasteiger charge is -2.25. The second kappa shape index (κ2) is 8.07. The van der Waals surface area contributed by atoms with Crippen LogP contribution >= 0.6 is 0 Å². The minimum absolute atomic E-state index is 0.415. The molecule has 3 aromatic rings. The van der Waals surface area contributed by atoms with E-state index in [0.29, 0.717) is 11.9 Å². The average Bonchev–Trinajstić information content (AvgIpc) is 3.16. The zero-order valence-electron chi connectivity index (χ0n) is 14.5. The van der Waals surface area contributed by atoms with Gasteiger partial charge in [0.05, 0.1) is 13.2 Å². The van der Waals surface area contributed by atoms with Gasteiger partial charge in [-0.25, -0.2) is 0 Å². The van der Waals surface area contributed by atoms with Gasteiger partial charge in [0.15, 0.2) is 0 Å². The highest BCUT2D eigenvalue weighted by atomic mass is 16.5. The molecule has 3 heterocycles. The maximum absolute atomic E-state index is 5.69. The third kappa shape index (κ3) is 4.25. The third-order valence-corrected chi connectivity index (χ3v) is 4.36. The molecule has 0 saturated carbocycles. The number of rotatable bonds is 6. The lowest BCUT2D eigenvalue weighted by molar-refractivity contribution is 0.0377. The number of morpholine rings is 1. The second-order valence-electron chi connectivity index (χ2n) is 6.14. The van der Waals surface area contributed by atoms with Crippen LogP contribution in [0.1, 0.15) is 5.89 Å². The molecule has 1 fully saturated rings. The van der Waals surface area contributed by atoms with Crippen molar-refractivity contribution in [1.29, 1.82) is 0 Å². The van der Waals surface area contributed by atoms with Gasteiger partial charge in [0.2, 0.25) is 5.89 Å². The van der Waals surface area contributed by atoms with E-state index in [-0.39, 0.29) is 0 Å². The van der Waals surface area contributed by atoms with E-state index in [2.05, 4.69) is 25.4 Å². The van der Waals surface area contributed by atoms with E-state index >= 15 is 0 Å². The van der Waals surface area contributed by atoms with E-state index in [9.17, 15) is 0 Å². The van der Waals surface area contributed by atoms with Crippen molar-refractivity contribution in [1.82, 2.24) is 20.1 Å². The zero-order chi connectivity index (χ0) is 17.6.